The van der Waals surface area contributed by atoms with Gasteiger partial charge in [-0.2, -0.15) is 0 Å². The van der Waals surface area contributed by atoms with Gasteiger partial charge in [-0.05, 0) is 56.1 Å². The maximum atomic E-state index is 12.2. The van der Waals surface area contributed by atoms with Crippen molar-refractivity contribution < 1.29 is 4.79 Å². The smallest absolute Gasteiger partial charge is 0.246 e. The average molecular weight is 293 g/mol. The zero-order chi connectivity index (χ0) is 14.5. The van der Waals surface area contributed by atoms with Gasteiger partial charge in [0, 0.05) is 24.2 Å². The van der Waals surface area contributed by atoms with Crippen molar-refractivity contribution in [1.82, 2.24) is 10.2 Å². The Labute approximate surface area is 125 Å². The molecule has 1 N–H and O–H groups in total. The number of piperidine rings is 1. The molecule has 1 aliphatic rings. The highest BCUT2D eigenvalue weighted by Crippen LogP contribution is 2.18. The second-order valence-electron chi connectivity index (χ2n) is 5.27. The number of carbonyl (C=O) groups excluding carboxylic acids is 1. The summed E-state index contributed by atoms with van der Waals surface area (Å²) < 4.78 is 0. The summed E-state index contributed by atoms with van der Waals surface area (Å²) >= 11 is 6.08. The van der Waals surface area contributed by atoms with Gasteiger partial charge in [0.05, 0.1) is 0 Å². The van der Waals surface area contributed by atoms with Gasteiger partial charge in [0.2, 0.25) is 5.91 Å². The van der Waals surface area contributed by atoms with Gasteiger partial charge in [-0.1, -0.05) is 23.7 Å². The molecule has 1 amide bonds. The van der Waals surface area contributed by atoms with Crippen LogP contribution >= 0.6 is 11.6 Å². The molecule has 1 aromatic carbocycles. The third kappa shape index (κ3) is 3.84. The summed E-state index contributed by atoms with van der Waals surface area (Å²) in [4.78, 5) is 14.0. The molecular formula is C16H21ClN2O. The minimum atomic E-state index is 0.0496. The Morgan fingerprint density at radius 1 is 1.40 bits per heavy atom. The minimum absolute atomic E-state index is 0.0496. The van der Waals surface area contributed by atoms with Crippen LogP contribution in [0.25, 0.3) is 6.08 Å². The van der Waals surface area contributed by atoms with Crippen LogP contribution in [-0.2, 0) is 4.79 Å². The zero-order valence-corrected chi connectivity index (χ0v) is 12.8. The molecule has 20 heavy (non-hydrogen) atoms. The van der Waals surface area contributed by atoms with E-state index in [2.05, 4.69) is 5.32 Å². The Morgan fingerprint density at radius 3 is 2.75 bits per heavy atom. The molecule has 1 aromatic rings. The van der Waals surface area contributed by atoms with E-state index < -0.39 is 0 Å². The zero-order valence-electron chi connectivity index (χ0n) is 12.0. The highest BCUT2D eigenvalue weighted by Gasteiger charge is 2.20. The standard InChI is InChI=1S/C16H21ClN2O/c1-12-3-4-13(11-15(12)17)5-6-16(20)19(2)14-7-9-18-10-8-14/h3-6,11,14,18H,7-10H2,1-2H3. The van der Waals surface area contributed by atoms with Gasteiger partial charge in [-0.3, -0.25) is 4.79 Å². The van der Waals surface area contributed by atoms with Crippen LogP contribution in [0.2, 0.25) is 5.02 Å². The lowest BCUT2D eigenvalue weighted by atomic mass is 10.1. The first-order valence-corrected chi connectivity index (χ1v) is 7.37. The van der Waals surface area contributed by atoms with E-state index in [0.717, 1.165) is 42.1 Å². The Kier molecular flexibility index (Phi) is 5.21. The van der Waals surface area contributed by atoms with Crippen LogP contribution in [0.5, 0.6) is 0 Å². The first kappa shape index (κ1) is 15.1. The molecule has 1 aliphatic heterocycles. The van der Waals surface area contributed by atoms with Crippen molar-refractivity contribution in [3.8, 4) is 0 Å². The van der Waals surface area contributed by atoms with E-state index in [4.69, 9.17) is 11.6 Å². The topological polar surface area (TPSA) is 32.3 Å². The fourth-order valence-corrected chi connectivity index (χ4v) is 2.56. The summed E-state index contributed by atoms with van der Waals surface area (Å²) in [5, 5.41) is 4.04. The first-order chi connectivity index (χ1) is 9.58. The molecule has 0 bridgehead atoms. The highest BCUT2D eigenvalue weighted by molar-refractivity contribution is 6.31. The van der Waals surface area contributed by atoms with Crippen molar-refractivity contribution in [2.45, 2.75) is 25.8 Å². The van der Waals surface area contributed by atoms with Gasteiger partial charge in [0.25, 0.3) is 0 Å². The van der Waals surface area contributed by atoms with Gasteiger partial charge in [-0.15, -0.1) is 0 Å². The summed E-state index contributed by atoms with van der Waals surface area (Å²) in [6.45, 7) is 3.94. The number of hydrogen-bond donors (Lipinski definition) is 1. The third-order valence-electron chi connectivity index (χ3n) is 3.82. The number of rotatable bonds is 3. The highest BCUT2D eigenvalue weighted by atomic mass is 35.5. The number of amides is 1. The van der Waals surface area contributed by atoms with E-state index >= 15 is 0 Å². The molecule has 3 nitrogen and oxygen atoms in total. The fourth-order valence-electron chi connectivity index (χ4n) is 2.37. The van der Waals surface area contributed by atoms with Gasteiger partial charge in [0.15, 0.2) is 0 Å². The molecular weight excluding hydrogens is 272 g/mol. The Hall–Kier alpha value is -1.32. The monoisotopic (exact) mass is 292 g/mol. The summed E-state index contributed by atoms with van der Waals surface area (Å²) in [6.07, 6.45) is 5.49. The number of hydrogen-bond acceptors (Lipinski definition) is 2. The molecule has 1 saturated heterocycles. The molecule has 1 fully saturated rings. The molecule has 0 saturated carbocycles. The van der Waals surface area contributed by atoms with E-state index in [9.17, 15) is 4.79 Å². The average Bonchev–Trinajstić information content (AvgIpc) is 2.48. The number of halogens is 1. The maximum absolute atomic E-state index is 12.2. The van der Waals surface area contributed by atoms with Crippen molar-refractivity contribution in [2.75, 3.05) is 20.1 Å². The molecule has 4 heteroatoms. The number of carbonyl (C=O) groups is 1. The Bertz CT molecular complexity index is 507. The van der Waals surface area contributed by atoms with Crippen LogP contribution in [0.1, 0.15) is 24.0 Å². The Morgan fingerprint density at radius 2 is 2.10 bits per heavy atom. The maximum Gasteiger partial charge on any atom is 0.246 e. The van der Waals surface area contributed by atoms with Crippen molar-refractivity contribution in [2.24, 2.45) is 0 Å². The Balaban J connectivity index is 1.98. The first-order valence-electron chi connectivity index (χ1n) is 6.99. The predicted molar refractivity (Wildman–Crippen MR) is 83.9 cm³/mol. The summed E-state index contributed by atoms with van der Waals surface area (Å²) in [5.74, 6) is 0.0496. The van der Waals surface area contributed by atoms with Crippen LogP contribution in [0, 0.1) is 6.92 Å². The van der Waals surface area contributed by atoms with Crippen molar-refractivity contribution >= 4 is 23.6 Å². The number of aryl methyl sites for hydroxylation is 1. The van der Waals surface area contributed by atoms with Crippen molar-refractivity contribution in [1.29, 1.82) is 0 Å². The quantitative estimate of drug-likeness (QED) is 0.869. The number of benzene rings is 1. The largest absolute Gasteiger partial charge is 0.339 e. The van der Waals surface area contributed by atoms with Gasteiger partial charge < -0.3 is 10.2 Å². The third-order valence-corrected chi connectivity index (χ3v) is 4.23. The molecule has 0 radical (unpaired) electrons. The van der Waals surface area contributed by atoms with E-state index in [1.165, 1.54) is 0 Å². The predicted octanol–water partition coefficient (Wildman–Crippen LogP) is 2.87. The molecule has 2 rings (SSSR count). The van der Waals surface area contributed by atoms with Crippen LogP contribution in [0.4, 0.5) is 0 Å². The molecule has 1 heterocycles. The molecule has 108 valence electrons. The number of nitrogens with one attached hydrogen (secondary N) is 1. The van der Waals surface area contributed by atoms with Crippen molar-refractivity contribution in [3.63, 3.8) is 0 Å². The van der Waals surface area contributed by atoms with Crippen LogP contribution in [0.15, 0.2) is 24.3 Å². The van der Waals surface area contributed by atoms with E-state index in [1.807, 2.05) is 43.1 Å². The normalized spacial score (nSPS) is 16.6. The van der Waals surface area contributed by atoms with Crippen LogP contribution < -0.4 is 5.32 Å². The minimum Gasteiger partial charge on any atom is -0.339 e. The SMILES string of the molecule is Cc1ccc(C=CC(=O)N(C)C2CCNCC2)cc1Cl. The van der Waals surface area contributed by atoms with E-state index in [-0.39, 0.29) is 5.91 Å². The van der Waals surface area contributed by atoms with E-state index in [1.54, 1.807) is 6.08 Å². The summed E-state index contributed by atoms with van der Waals surface area (Å²) in [5.41, 5.74) is 2.00. The lowest BCUT2D eigenvalue weighted by Crippen LogP contribution is -2.43. The fraction of sp³-hybridized carbons (Fsp3) is 0.438. The summed E-state index contributed by atoms with van der Waals surface area (Å²) in [7, 11) is 1.88. The molecule has 0 spiro atoms. The van der Waals surface area contributed by atoms with E-state index in [0.29, 0.717) is 6.04 Å². The van der Waals surface area contributed by atoms with Crippen LogP contribution in [-0.4, -0.2) is 37.0 Å². The van der Waals surface area contributed by atoms with Crippen molar-refractivity contribution in [3.05, 3.63) is 40.4 Å². The molecule has 0 atom stereocenters. The van der Waals surface area contributed by atoms with Gasteiger partial charge in [0.1, 0.15) is 0 Å². The van der Waals surface area contributed by atoms with Gasteiger partial charge >= 0.3 is 0 Å². The number of likely N-dealkylation sites (N-methyl/N-ethyl adjacent to an activating group) is 1. The van der Waals surface area contributed by atoms with Gasteiger partial charge in [-0.25, -0.2) is 0 Å². The second kappa shape index (κ2) is 6.91. The summed E-state index contributed by atoms with van der Waals surface area (Å²) in [6, 6.07) is 6.15. The molecule has 0 aliphatic carbocycles. The number of nitrogens with zero attached hydrogens (tertiary/aromatic N) is 1. The second-order valence-corrected chi connectivity index (χ2v) is 5.68. The molecule has 0 aromatic heterocycles. The lowest BCUT2D eigenvalue weighted by molar-refractivity contribution is -0.127. The van der Waals surface area contributed by atoms with Crippen LogP contribution in [0.3, 0.4) is 0 Å². The molecule has 0 unspecified atom stereocenters. The lowest BCUT2D eigenvalue weighted by Gasteiger charge is -2.30.